The lowest BCUT2D eigenvalue weighted by Crippen LogP contribution is -2.35. The molecule has 1 saturated carbocycles. The van der Waals surface area contributed by atoms with E-state index in [9.17, 15) is 4.79 Å². The minimum absolute atomic E-state index is 0.0772. The monoisotopic (exact) mass is 223 g/mol. The molecule has 1 rings (SSSR count). The number of hydrogen-bond donors (Lipinski definition) is 1. The quantitative estimate of drug-likeness (QED) is 0.727. The van der Waals surface area contributed by atoms with E-state index in [0.717, 1.165) is 19.3 Å². The zero-order chi connectivity index (χ0) is 12.0. The average molecular weight is 223 g/mol. The second-order valence-corrected chi connectivity index (χ2v) is 5.52. The molecule has 1 aliphatic carbocycles. The predicted molar refractivity (Wildman–Crippen MR) is 68.2 cm³/mol. The van der Waals surface area contributed by atoms with Gasteiger partial charge in [-0.15, -0.1) is 0 Å². The van der Waals surface area contributed by atoms with E-state index in [2.05, 4.69) is 26.1 Å². The van der Waals surface area contributed by atoms with E-state index in [1.807, 2.05) is 6.08 Å². The highest BCUT2D eigenvalue weighted by Crippen LogP contribution is 2.21. The average Bonchev–Trinajstić information content (AvgIpc) is 2.28. The van der Waals surface area contributed by atoms with Gasteiger partial charge in [0.1, 0.15) is 0 Å². The van der Waals surface area contributed by atoms with Crippen molar-refractivity contribution in [3.63, 3.8) is 0 Å². The van der Waals surface area contributed by atoms with Crippen molar-refractivity contribution in [2.45, 2.75) is 65.3 Å². The fourth-order valence-corrected chi connectivity index (χ4v) is 1.92. The first-order valence-corrected chi connectivity index (χ1v) is 6.53. The van der Waals surface area contributed by atoms with Gasteiger partial charge in [0, 0.05) is 6.04 Å². The van der Waals surface area contributed by atoms with Gasteiger partial charge in [0.25, 0.3) is 0 Å². The third-order valence-corrected chi connectivity index (χ3v) is 3.55. The highest BCUT2D eigenvalue weighted by molar-refractivity contribution is 5.87. The highest BCUT2D eigenvalue weighted by atomic mass is 16.1. The molecule has 2 nitrogen and oxygen atoms in total. The Kier molecular flexibility index (Phi) is 5.04. The number of carbonyl (C=O) groups is 1. The van der Waals surface area contributed by atoms with E-state index in [1.165, 1.54) is 19.3 Å². The molecule has 0 aromatic rings. The molecule has 0 aromatic heterocycles. The molecule has 0 heterocycles. The Hall–Kier alpha value is -0.790. The molecular weight excluding hydrogens is 198 g/mol. The van der Waals surface area contributed by atoms with Crippen LogP contribution in [0.5, 0.6) is 0 Å². The molecule has 0 saturated heterocycles. The van der Waals surface area contributed by atoms with Crippen molar-refractivity contribution < 1.29 is 4.79 Å². The van der Waals surface area contributed by atoms with Crippen molar-refractivity contribution in [1.29, 1.82) is 0 Å². The fourth-order valence-electron chi connectivity index (χ4n) is 1.92. The Balaban J connectivity index is 2.34. The lowest BCUT2D eigenvalue weighted by atomic mass is 9.90. The highest BCUT2D eigenvalue weighted by Gasteiger charge is 2.15. The summed E-state index contributed by atoms with van der Waals surface area (Å²) in [6.07, 6.45) is 10.9. The van der Waals surface area contributed by atoms with Crippen LogP contribution in [0, 0.1) is 5.41 Å². The normalized spacial score (nSPS) is 18.9. The molecule has 1 N–H and O–H groups in total. The number of allylic oxidation sites excluding steroid dienone is 1. The Morgan fingerprint density at radius 3 is 2.50 bits per heavy atom. The number of rotatable bonds is 4. The van der Waals surface area contributed by atoms with Gasteiger partial charge in [-0.25, -0.2) is 0 Å². The van der Waals surface area contributed by atoms with Crippen LogP contribution in [-0.2, 0) is 4.79 Å². The number of amides is 1. The zero-order valence-corrected chi connectivity index (χ0v) is 10.9. The van der Waals surface area contributed by atoms with Gasteiger partial charge in [-0.3, -0.25) is 4.79 Å². The van der Waals surface area contributed by atoms with Crippen molar-refractivity contribution in [2.75, 3.05) is 0 Å². The summed E-state index contributed by atoms with van der Waals surface area (Å²) in [5.74, 6) is 0.0772. The first-order chi connectivity index (χ1) is 7.53. The molecule has 0 radical (unpaired) electrons. The van der Waals surface area contributed by atoms with Crippen LogP contribution in [0.1, 0.15) is 59.3 Å². The Morgan fingerprint density at radius 2 is 1.94 bits per heavy atom. The van der Waals surface area contributed by atoms with Gasteiger partial charge in [-0.2, -0.15) is 0 Å². The summed E-state index contributed by atoms with van der Waals surface area (Å²) in [5.41, 5.74) is 0.129. The Morgan fingerprint density at radius 1 is 1.31 bits per heavy atom. The Bertz CT molecular complexity index is 249. The number of hydrogen-bond acceptors (Lipinski definition) is 1. The topological polar surface area (TPSA) is 29.1 Å². The molecule has 2 heteroatoms. The molecule has 0 unspecified atom stereocenters. The van der Waals surface area contributed by atoms with Gasteiger partial charge in [-0.05, 0) is 30.8 Å². The van der Waals surface area contributed by atoms with Gasteiger partial charge in [0.05, 0.1) is 0 Å². The minimum Gasteiger partial charge on any atom is -0.350 e. The second kappa shape index (κ2) is 6.07. The first kappa shape index (κ1) is 13.3. The summed E-state index contributed by atoms with van der Waals surface area (Å²) in [7, 11) is 0. The maximum absolute atomic E-state index is 11.7. The van der Waals surface area contributed by atoms with Gasteiger partial charge in [-0.1, -0.05) is 46.1 Å². The zero-order valence-electron chi connectivity index (χ0n) is 10.9. The van der Waals surface area contributed by atoms with Crippen LogP contribution < -0.4 is 5.32 Å². The smallest absolute Gasteiger partial charge is 0.243 e. The Labute approximate surface area is 99.5 Å². The van der Waals surface area contributed by atoms with Crippen molar-refractivity contribution in [3.05, 3.63) is 12.2 Å². The molecule has 92 valence electrons. The van der Waals surface area contributed by atoms with Crippen LogP contribution >= 0.6 is 0 Å². The SMILES string of the molecule is CCC(C)(C)/C=C/C(=O)NC1CCCCC1. The number of nitrogens with one attached hydrogen (secondary N) is 1. The summed E-state index contributed by atoms with van der Waals surface area (Å²) in [6.45, 7) is 6.44. The van der Waals surface area contributed by atoms with Crippen molar-refractivity contribution in [2.24, 2.45) is 5.41 Å². The number of carbonyl (C=O) groups excluding carboxylic acids is 1. The second-order valence-electron chi connectivity index (χ2n) is 5.52. The molecule has 16 heavy (non-hydrogen) atoms. The maximum atomic E-state index is 11.7. The molecule has 0 aromatic carbocycles. The summed E-state index contributed by atoms with van der Waals surface area (Å²) >= 11 is 0. The summed E-state index contributed by atoms with van der Waals surface area (Å²) < 4.78 is 0. The third-order valence-electron chi connectivity index (χ3n) is 3.55. The molecule has 0 spiro atoms. The third kappa shape index (κ3) is 4.82. The van der Waals surface area contributed by atoms with Crippen molar-refractivity contribution in [1.82, 2.24) is 5.32 Å². The molecule has 1 amide bonds. The van der Waals surface area contributed by atoms with Crippen LogP contribution in [0.25, 0.3) is 0 Å². The van der Waals surface area contributed by atoms with Crippen LogP contribution in [0.2, 0.25) is 0 Å². The van der Waals surface area contributed by atoms with Gasteiger partial charge >= 0.3 is 0 Å². The fraction of sp³-hybridized carbons (Fsp3) is 0.786. The van der Waals surface area contributed by atoms with Crippen LogP contribution in [0.4, 0.5) is 0 Å². The standard InChI is InChI=1S/C14H25NO/c1-4-14(2,3)11-10-13(16)15-12-8-6-5-7-9-12/h10-12H,4-9H2,1-3H3,(H,15,16)/b11-10+. The van der Waals surface area contributed by atoms with E-state index >= 15 is 0 Å². The summed E-state index contributed by atoms with van der Waals surface area (Å²) in [6, 6.07) is 0.413. The van der Waals surface area contributed by atoms with Crippen LogP contribution in [0.15, 0.2) is 12.2 Å². The van der Waals surface area contributed by atoms with Crippen molar-refractivity contribution >= 4 is 5.91 Å². The van der Waals surface area contributed by atoms with Gasteiger partial charge < -0.3 is 5.32 Å². The minimum atomic E-state index is 0.0772. The first-order valence-electron chi connectivity index (χ1n) is 6.53. The van der Waals surface area contributed by atoms with Gasteiger partial charge in [0.2, 0.25) is 5.91 Å². The summed E-state index contributed by atoms with van der Waals surface area (Å²) in [5, 5.41) is 3.09. The molecule has 1 aliphatic rings. The molecule has 0 aliphatic heterocycles. The van der Waals surface area contributed by atoms with E-state index < -0.39 is 0 Å². The predicted octanol–water partition coefficient (Wildman–Crippen LogP) is 3.43. The van der Waals surface area contributed by atoms with E-state index in [1.54, 1.807) is 6.08 Å². The van der Waals surface area contributed by atoms with Crippen LogP contribution in [-0.4, -0.2) is 11.9 Å². The van der Waals surface area contributed by atoms with Gasteiger partial charge in [0.15, 0.2) is 0 Å². The van der Waals surface area contributed by atoms with E-state index in [0.29, 0.717) is 6.04 Å². The van der Waals surface area contributed by atoms with Crippen molar-refractivity contribution in [3.8, 4) is 0 Å². The summed E-state index contributed by atoms with van der Waals surface area (Å²) in [4.78, 5) is 11.7. The molecular formula is C14H25NO. The molecule has 1 fully saturated rings. The molecule has 0 bridgehead atoms. The van der Waals surface area contributed by atoms with E-state index in [-0.39, 0.29) is 11.3 Å². The molecule has 0 atom stereocenters. The maximum Gasteiger partial charge on any atom is 0.243 e. The lowest BCUT2D eigenvalue weighted by Gasteiger charge is -2.22. The lowest BCUT2D eigenvalue weighted by molar-refractivity contribution is -0.117. The van der Waals surface area contributed by atoms with E-state index in [4.69, 9.17) is 0 Å². The van der Waals surface area contributed by atoms with Crippen LogP contribution in [0.3, 0.4) is 0 Å². The largest absolute Gasteiger partial charge is 0.350 e.